The Balaban J connectivity index is 2.17. The van der Waals surface area contributed by atoms with E-state index in [4.69, 9.17) is 5.11 Å². The van der Waals surface area contributed by atoms with Gasteiger partial charge in [0.05, 0.1) is 6.10 Å². The molecule has 1 atom stereocenters. The Kier molecular flexibility index (Phi) is 3.25. The Morgan fingerprint density at radius 3 is 2.54 bits per heavy atom. The number of carbonyl (C=O) groups is 2. The molecule has 74 valence electrons. The van der Waals surface area contributed by atoms with Gasteiger partial charge in [0.25, 0.3) is 0 Å². The van der Waals surface area contributed by atoms with Crippen molar-refractivity contribution in [2.45, 2.75) is 31.9 Å². The lowest BCUT2D eigenvalue weighted by molar-refractivity contribution is -0.139. The second-order valence-corrected chi connectivity index (χ2v) is 3.31. The van der Waals surface area contributed by atoms with E-state index in [0.29, 0.717) is 0 Å². The van der Waals surface area contributed by atoms with Crippen molar-refractivity contribution in [1.82, 2.24) is 10.6 Å². The van der Waals surface area contributed by atoms with E-state index >= 15 is 0 Å². The van der Waals surface area contributed by atoms with Crippen LogP contribution in [-0.2, 0) is 9.59 Å². The third-order valence-electron chi connectivity index (χ3n) is 1.68. The number of aliphatic hydroxyl groups is 1. The van der Waals surface area contributed by atoms with Crippen LogP contribution in [0.1, 0.15) is 19.8 Å². The number of hydrogen-bond donors (Lipinski definition) is 3. The summed E-state index contributed by atoms with van der Waals surface area (Å²) in [5.41, 5.74) is 0. The Bertz CT molecular complexity index is 211. The lowest BCUT2D eigenvalue weighted by Gasteiger charge is -2.06. The van der Waals surface area contributed by atoms with Crippen LogP contribution < -0.4 is 10.6 Å². The summed E-state index contributed by atoms with van der Waals surface area (Å²) >= 11 is 0. The Labute approximate surface area is 76.5 Å². The largest absolute Gasteiger partial charge is 0.392 e. The highest BCUT2D eigenvalue weighted by atomic mass is 16.3. The van der Waals surface area contributed by atoms with Gasteiger partial charge in [-0.25, -0.2) is 0 Å². The molecule has 0 saturated heterocycles. The van der Waals surface area contributed by atoms with Crippen LogP contribution in [0, 0.1) is 0 Å². The summed E-state index contributed by atoms with van der Waals surface area (Å²) in [5, 5.41) is 13.7. The van der Waals surface area contributed by atoms with Crippen molar-refractivity contribution in [2.75, 3.05) is 6.54 Å². The van der Waals surface area contributed by atoms with Gasteiger partial charge in [-0.05, 0) is 19.8 Å². The first-order valence-electron chi connectivity index (χ1n) is 4.36. The number of carbonyl (C=O) groups excluding carboxylic acids is 2. The Hall–Kier alpha value is -1.10. The average molecular weight is 186 g/mol. The molecule has 5 heteroatoms. The van der Waals surface area contributed by atoms with Crippen LogP contribution in [-0.4, -0.2) is 35.6 Å². The van der Waals surface area contributed by atoms with E-state index in [2.05, 4.69) is 10.6 Å². The highest BCUT2D eigenvalue weighted by molar-refractivity contribution is 6.35. The predicted octanol–water partition coefficient (Wildman–Crippen LogP) is -1.24. The van der Waals surface area contributed by atoms with Crippen molar-refractivity contribution in [1.29, 1.82) is 0 Å². The number of aliphatic hydroxyl groups excluding tert-OH is 1. The van der Waals surface area contributed by atoms with Gasteiger partial charge in [0.15, 0.2) is 0 Å². The molecule has 13 heavy (non-hydrogen) atoms. The SMILES string of the molecule is C[C@@H](O)CNC(=O)C(=O)NC1CC1. The van der Waals surface area contributed by atoms with Crippen LogP contribution in [0.3, 0.4) is 0 Å². The van der Waals surface area contributed by atoms with E-state index in [-0.39, 0.29) is 12.6 Å². The van der Waals surface area contributed by atoms with Gasteiger partial charge >= 0.3 is 11.8 Å². The number of amides is 2. The molecule has 0 spiro atoms. The summed E-state index contributed by atoms with van der Waals surface area (Å²) in [4.78, 5) is 22.0. The summed E-state index contributed by atoms with van der Waals surface area (Å²) < 4.78 is 0. The van der Waals surface area contributed by atoms with Crippen LogP contribution in [0.4, 0.5) is 0 Å². The van der Waals surface area contributed by atoms with Crippen molar-refractivity contribution < 1.29 is 14.7 Å². The summed E-state index contributed by atoms with van der Waals surface area (Å²) in [6.45, 7) is 1.65. The lowest BCUT2D eigenvalue weighted by Crippen LogP contribution is -2.42. The quantitative estimate of drug-likeness (QED) is 0.482. The maximum absolute atomic E-state index is 11.0. The number of rotatable bonds is 3. The van der Waals surface area contributed by atoms with Gasteiger partial charge in [-0.15, -0.1) is 0 Å². The van der Waals surface area contributed by atoms with Crippen LogP contribution in [0.5, 0.6) is 0 Å². The summed E-state index contributed by atoms with van der Waals surface area (Å²) in [6, 6.07) is 0.185. The molecule has 5 nitrogen and oxygen atoms in total. The molecule has 0 aromatic carbocycles. The van der Waals surface area contributed by atoms with Gasteiger partial charge in [0, 0.05) is 12.6 Å². The molecule has 0 heterocycles. The highest BCUT2D eigenvalue weighted by Crippen LogP contribution is 2.18. The second kappa shape index (κ2) is 4.23. The number of nitrogens with one attached hydrogen (secondary N) is 2. The molecule has 1 fully saturated rings. The van der Waals surface area contributed by atoms with Crippen molar-refractivity contribution in [3.05, 3.63) is 0 Å². The van der Waals surface area contributed by atoms with E-state index in [0.717, 1.165) is 12.8 Å². The van der Waals surface area contributed by atoms with Crippen molar-refractivity contribution in [3.8, 4) is 0 Å². The molecule has 1 rings (SSSR count). The van der Waals surface area contributed by atoms with Crippen molar-refractivity contribution >= 4 is 11.8 Å². The monoisotopic (exact) mass is 186 g/mol. The Morgan fingerprint density at radius 2 is 2.08 bits per heavy atom. The van der Waals surface area contributed by atoms with Crippen LogP contribution >= 0.6 is 0 Å². The van der Waals surface area contributed by atoms with Crippen LogP contribution in [0.2, 0.25) is 0 Å². The summed E-state index contributed by atoms with van der Waals surface area (Å²) in [5.74, 6) is -1.28. The van der Waals surface area contributed by atoms with E-state index in [9.17, 15) is 9.59 Å². The fraction of sp³-hybridized carbons (Fsp3) is 0.750. The van der Waals surface area contributed by atoms with Crippen LogP contribution in [0.15, 0.2) is 0 Å². The zero-order valence-corrected chi connectivity index (χ0v) is 7.54. The van der Waals surface area contributed by atoms with Gasteiger partial charge in [-0.1, -0.05) is 0 Å². The third kappa shape index (κ3) is 3.89. The van der Waals surface area contributed by atoms with E-state index in [1.807, 2.05) is 0 Å². The molecule has 1 saturated carbocycles. The average Bonchev–Trinajstić information content (AvgIpc) is 2.83. The standard InChI is InChI=1S/C8H14N2O3/c1-5(11)4-9-7(12)8(13)10-6-2-3-6/h5-6,11H,2-4H2,1H3,(H,9,12)(H,10,13)/t5-/m1/s1. The highest BCUT2D eigenvalue weighted by Gasteiger charge is 2.26. The maximum atomic E-state index is 11.0. The van der Waals surface area contributed by atoms with Gasteiger partial charge in [-0.2, -0.15) is 0 Å². The van der Waals surface area contributed by atoms with Gasteiger partial charge in [0.2, 0.25) is 0 Å². The van der Waals surface area contributed by atoms with Crippen molar-refractivity contribution in [2.24, 2.45) is 0 Å². The molecular weight excluding hydrogens is 172 g/mol. The van der Waals surface area contributed by atoms with E-state index in [1.54, 1.807) is 6.92 Å². The summed E-state index contributed by atoms with van der Waals surface area (Å²) in [7, 11) is 0. The van der Waals surface area contributed by atoms with Crippen LogP contribution in [0.25, 0.3) is 0 Å². The van der Waals surface area contributed by atoms with Gasteiger partial charge in [0.1, 0.15) is 0 Å². The van der Waals surface area contributed by atoms with E-state index < -0.39 is 17.9 Å². The minimum Gasteiger partial charge on any atom is -0.392 e. The lowest BCUT2D eigenvalue weighted by atomic mass is 10.4. The fourth-order valence-corrected chi connectivity index (χ4v) is 0.799. The maximum Gasteiger partial charge on any atom is 0.309 e. The molecule has 0 bridgehead atoms. The minimum atomic E-state index is -0.673. The molecule has 0 aromatic heterocycles. The van der Waals surface area contributed by atoms with E-state index in [1.165, 1.54) is 0 Å². The fourth-order valence-electron chi connectivity index (χ4n) is 0.799. The molecule has 1 aliphatic carbocycles. The molecule has 0 aromatic rings. The first-order valence-corrected chi connectivity index (χ1v) is 4.36. The van der Waals surface area contributed by atoms with Gasteiger partial charge in [-0.3, -0.25) is 9.59 Å². The molecule has 3 N–H and O–H groups in total. The third-order valence-corrected chi connectivity index (χ3v) is 1.68. The molecule has 0 aliphatic heterocycles. The molecule has 1 aliphatic rings. The second-order valence-electron chi connectivity index (χ2n) is 3.31. The number of hydrogen-bond acceptors (Lipinski definition) is 3. The molecular formula is C8H14N2O3. The smallest absolute Gasteiger partial charge is 0.309 e. The minimum absolute atomic E-state index is 0.108. The summed E-state index contributed by atoms with van der Waals surface area (Å²) in [6.07, 6.45) is 1.28. The normalized spacial score (nSPS) is 17.7. The molecule has 0 radical (unpaired) electrons. The molecule has 2 amide bonds. The Morgan fingerprint density at radius 1 is 1.46 bits per heavy atom. The first kappa shape index (κ1) is 9.98. The molecule has 0 unspecified atom stereocenters. The topological polar surface area (TPSA) is 78.4 Å². The van der Waals surface area contributed by atoms with Gasteiger partial charge < -0.3 is 15.7 Å². The predicted molar refractivity (Wildman–Crippen MR) is 45.9 cm³/mol. The zero-order valence-electron chi connectivity index (χ0n) is 7.54. The zero-order chi connectivity index (χ0) is 9.84. The van der Waals surface area contributed by atoms with Crippen molar-refractivity contribution in [3.63, 3.8) is 0 Å². The first-order chi connectivity index (χ1) is 6.09.